The van der Waals surface area contributed by atoms with Gasteiger partial charge < -0.3 is 19.1 Å². The minimum Gasteiger partial charge on any atom is -0.493 e. The number of ether oxygens (including phenoxy) is 3. The number of morpholine rings is 1. The zero-order valence-corrected chi connectivity index (χ0v) is 23.0. The second-order valence-electron chi connectivity index (χ2n) is 8.81. The van der Waals surface area contributed by atoms with Gasteiger partial charge in [0.1, 0.15) is 0 Å². The number of nitrogens with zero attached hydrogens (tertiary/aromatic N) is 4. The van der Waals surface area contributed by atoms with Gasteiger partial charge in [0.2, 0.25) is 0 Å². The van der Waals surface area contributed by atoms with E-state index < -0.39 is 0 Å². The Balaban J connectivity index is 1.27. The van der Waals surface area contributed by atoms with Crippen molar-refractivity contribution in [2.45, 2.75) is 24.8 Å². The lowest BCUT2D eigenvalue weighted by atomic mass is 10.1. The summed E-state index contributed by atoms with van der Waals surface area (Å²) < 4.78 is 16.4. The Morgan fingerprint density at radius 3 is 2.46 bits per heavy atom. The van der Waals surface area contributed by atoms with Crippen molar-refractivity contribution in [1.29, 1.82) is 0 Å². The zero-order chi connectivity index (χ0) is 27.6. The highest BCUT2D eigenvalue weighted by molar-refractivity contribution is 7.98. The maximum Gasteiger partial charge on any atom is 0.271 e. The van der Waals surface area contributed by atoms with Crippen molar-refractivity contribution < 1.29 is 23.8 Å². The van der Waals surface area contributed by atoms with Crippen LogP contribution in [0.4, 0.5) is 0 Å². The smallest absolute Gasteiger partial charge is 0.271 e. The molecule has 2 aromatic carbocycles. The molecule has 2 amide bonds. The normalized spacial score (nSPS) is 13.4. The first-order chi connectivity index (χ1) is 18.9. The van der Waals surface area contributed by atoms with Gasteiger partial charge in [-0.15, -0.1) is 0 Å². The number of thioether (sulfide) groups is 1. The van der Waals surface area contributed by atoms with Crippen LogP contribution in [0.2, 0.25) is 0 Å². The standard InChI is InChI=1S/C28H31N5O5S/c1-19-14-20(2)31-28(30-19)39-18-21-4-7-23(8-5-21)27(35)32-29-16-22-6-9-24(25(15-22)36-3)38-17-26(34)33-10-12-37-13-11-33/h4-9,14-16H,10-13,17-18H2,1-3H3,(H,32,35)/b29-16+. The van der Waals surface area contributed by atoms with E-state index >= 15 is 0 Å². The fourth-order valence-electron chi connectivity index (χ4n) is 3.82. The summed E-state index contributed by atoms with van der Waals surface area (Å²) in [7, 11) is 1.52. The van der Waals surface area contributed by atoms with Gasteiger partial charge in [-0.1, -0.05) is 23.9 Å². The minimum atomic E-state index is -0.323. The number of hydrazone groups is 1. The van der Waals surface area contributed by atoms with Gasteiger partial charge in [0.25, 0.3) is 11.8 Å². The highest BCUT2D eigenvalue weighted by atomic mass is 32.2. The number of aromatic nitrogens is 2. The van der Waals surface area contributed by atoms with Crippen LogP contribution in [0.3, 0.4) is 0 Å². The van der Waals surface area contributed by atoms with E-state index in [1.165, 1.54) is 13.3 Å². The number of carbonyl (C=O) groups is 2. The van der Waals surface area contributed by atoms with Crippen LogP contribution in [0.1, 0.15) is 32.9 Å². The van der Waals surface area contributed by atoms with Crippen LogP contribution < -0.4 is 14.9 Å². The third kappa shape index (κ3) is 8.26. The second kappa shape index (κ2) is 13.7. The number of methoxy groups -OCH3 is 1. The van der Waals surface area contributed by atoms with Gasteiger partial charge >= 0.3 is 0 Å². The maximum absolute atomic E-state index is 12.5. The predicted molar refractivity (Wildman–Crippen MR) is 148 cm³/mol. The molecule has 0 unspecified atom stereocenters. The fourth-order valence-corrected chi connectivity index (χ4v) is 4.72. The topological polar surface area (TPSA) is 115 Å². The van der Waals surface area contributed by atoms with E-state index in [-0.39, 0.29) is 18.4 Å². The van der Waals surface area contributed by atoms with Crippen molar-refractivity contribution in [2.75, 3.05) is 40.0 Å². The van der Waals surface area contributed by atoms with E-state index in [2.05, 4.69) is 20.5 Å². The lowest BCUT2D eigenvalue weighted by Gasteiger charge is -2.26. The number of rotatable bonds is 10. The summed E-state index contributed by atoms with van der Waals surface area (Å²) >= 11 is 1.55. The molecule has 1 aliphatic heterocycles. The number of carbonyl (C=O) groups excluding carboxylic acids is 2. The Bertz CT molecular complexity index is 1310. The molecule has 11 heteroatoms. The second-order valence-corrected chi connectivity index (χ2v) is 9.75. The van der Waals surface area contributed by atoms with E-state index in [1.807, 2.05) is 32.0 Å². The summed E-state index contributed by atoms with van der Waals surface area (Å²) in [4.78, 5) is 35.4. The molecule has 3 aromatic rings. The molecule has 2 heterocycles. The molecule has 0 atom stereocenters. The molecule has 204 valence electrons. The molecular weight excluding hydrogens is 518 g/mol. The van der Waals surface area contributed by atoms with Crippen LogP contribution in [0.5, 0.6) is 11.5 Å². The highest BCUT2D eigenvalue weighted by Crippen LogP contribution is 2.27. The summed E-state index contributed by atoms with van der Waals surface area (Å²) in [5.74, 6) is 1.18. The van der Waals surface area contributed by atoms with Crippen molar-refractivity contribution in [3.8, 4) is 11.5 Å². The lowest BCUT2D eigenvalue weighted by molar-refractivity contribution is -0.137. The average Bonchev–Trinajstić information content (AvgIpc) is 2.95. The number of hydrogen-bond acceptors (Lipinski definition) is 9. The van der Waals surface area contributed by atoms with Crippen LogP contribution in [0.15, 0.2) is 58.8 Å². The molecule has 1 saturated heterocycles. The van der Waals surface area contributed by atoms with E-state index in [0.717, 1.165) is 22.1 Å². The summed E-state index contributed by atoms with van der Waals surface area (Å²) in [6, 6.07) is 14.5. The third-order valence-corrected chi connectivity index (χ3v) is 6.75. The third-order valence-electron chi connectivity index (χ3n) is 5.83. The molecule has 10 nitrogen and oxygen atoms in total. The van der Waals surface area contributed by atoms with Gasteiger partial charge in [-0.3, -0.25) is 9.59 Å². The zero-order valence-electron chi connectivity index (χ0n) is 22.2. The number of benzene rings is 2. The average molecular weight is 550 g/mol. The Morgan fingerprint density at radius 1 is 1.05 bits per heavy atom. The first kappa shape index (κ1) is 28.1. The highest BCUT2D eigenvalue weighted by Gasteiger charge is 2.18. The molecule has 0 aliphatic carbocycles. The maximum atomic E-state index is 12.5. The van der Waals surface area contributed by atoms with Crippen LogP contribution >= 0.6 is 11.8 Å². The minimum absolute atomic E-state index is 0.0866. The SMILES string of the molecule is COc1cc(/C=N/NC(=O)c2ccc(CSc3nc(C)cc(C)n3)cc2)ccc1OCC(=O)N1CCOCC1. The van der Waals surface area contributed by atoms with Crippen molar-refractivity contribution in [2.24, 2.45) is 5.10 Å². The molecule has 4 rings (SSSR count). The lowest BCUT2D eigenvalue weighted by Crippen LogP contribution is -2.43. The first-order valence-corrected chi connectivity index (χ1v) is 13.4. The number of nitrogens with one attached hydrogen (secondary N) is 1. The van der Waals surface area contributed by atoms with Gasteiger partial charge in [0.05, 0.1) is 26.5 Å². The van der Waals surface area contributed by atoms with E-state index in [1.54, 1.807) is 47.0 Å². The molecule has 0 radical (unpaired) electrons. The van der Waals surface area contributed by atoms with Crippen molar-refractivity contribution >= 4 is 29.8 Å². The van der Waals surface area contributed by atoms with Gasteiger partial charge in [-0.2, -0.15) is 5.10 Å². The van der Waals surface area contributed by atoms with Crippen LogP contribution in [0.25, 0.3) is 0 Å². The number of amides is 2. The van der Waals surface area contributed by atoms with E-state index in [4.69, 9.17) is 14.2 Å². The molecule has 39 heavy (non-hydrogen) atoms. The largest absolute Gasteiger partial charge is 0.493 e. The van der Waals surface area contributed by atoms with Crippen molar-refractivity contribution in [3.63, 3.8) is 0 Å². The monoisotopic (exact) mass is 549 g/mol. The number of aryl methyl sites for hydroxylation is 2. The Hall–Kier alpha value is -3.96. The number of hydrogen-bond donors (Lipinski definition) is 1. The predicted octanol–water partition coefficient (Wildman–Crippen LogP) is 3.40. The summed E-state index contributed by atoms with van der Waals surface area (Å²) in [5.41, 5.74) is 6.67. The molecule has 1 aliphatic rings. The van der Waals surface area contributed by atoms with Gasteiger partial charge in [-0.25, -0.2) is 15.4 Å². The van der Waals surface area contributed by atoms with Crippen LogP contribution in [-0.2, 0) is 15.3 Å². The van der Waals surface area contributed by atoms with Crippen molar-refractivity contribution in [3.05, 3.63) is 76.6 Å². The Morgan fingerprint density at radius 2 is 1.77 bits per heavy atom. The fraction of sp³-hybridized carbons (Fsp3) is 0.321. The summed E-state index contributed by atoms with van der Waals surface area (Å²) in [6.07, 6.45) is 1.51. The van der Waals surface area contributed by atoms with Crippen LogP contribution in [-0.4, -0.2) is 72.9 Å². The van der Waals surface area contributed by atoms with Crippen LogP contribution in [0, 0.1) is 13.8 Å². The Labute approximate surface area is 231 Å². The Kier molecular flexibility index (Phi) is 9.87. The van der Waals surface area contributed by atoms with E-state index in [9.17, 15) is 9.59 Å². The van der Waals surface area contributed by atoms with Crippen molar-refractivity contribution in [1.82, 2.24) is 20.3 Å². The van der Waals surface area contributed by atoms with Gasteiger partial charge in [0.15, 0.2) is 23.3 Å². The summed E-state index contributed by atoms with van der Waals surface area (Å²) in [6.45, 7) is 6.01. The molecule has 0 bridgehead atoms. The van der Waals surface area contributed by atoms with E-state index in [0.29, 0.717) is 54.7 Å². The summed E-state index contributed by atoms with van der Waals surface area (Å²) in [5, 5.41) is 4.80. The van der Waals surface area contributed by atoms with Gasteiger partial charge in [0, 0.05) is 35.8 Å². The molecular formula is C28H31N5O5S. The molecule has 1 aromatic heterocycles. The molecule has 1 fully saturated rings. The van der Waals surface area contributed by atoms with Gasteiger partial charge in [-0.05, 0) is 61.4 Å². The molecule has 1 N–H and O–H groups in total. The molecule has 0 spiro atoms. The quantitative estimate of drug-likeness (QED) is 0.177. The first-order valence-electron chi connectivity index (χ1n) is 12.4. The molecule has 0 saturated carbocycles.